The lowest BCUT2D eigenvalue weighted by atomic mass is 10.0. The highest BCUT2D eigenvalue weighted by atomic mass is 32.2. The van der Waals surface area contributed by atoms with Crippen molar-refractivity contribution in [2.24, 2.45) is 0 Å². The first-order chi connectivity index (χ1) is 8.50. The average Bonchev–Trinajstić information content (AvgIpc) is 2.36. The van der Waals surface area contributed by atoms with Gasteiger partial charge >= 0.3 is 5.97 Å². The highest BCUT2D eigenvalue weighted by Crippen LogP contribution is 2.18. The van der Waals surface area contributed by atoms with Crippen molar-refractivity contribution in [1.82, 2.24) is 4.90 Å². The number of rotatable bonds is 6. The molecular formula is C12H23NO4S. The van der Waals surface area contributed by atoms with Gasteiger partial charge in [-0.05, 0) is 25.8 Å². The minimum Gasteiger partial charge on any atom is -0.468 e. The number of nitrogens with zero attached hydrogens (tertiary/aromatic N) is 1. The molecule has 0 N–H and O–H groups in total. The molecule has 0 aromatic carbocycles. The lowest BCUT2D eigenvalue weighted by molar-refractivity contribution is -0.148. The van der Waals surface area contributed by atoms with E-state index in [1.807, 2.05) is 11.8 Å². The van der Waals surface area contributed by atoms with Gasteiger partial charge in [0.1, 0.15) is 6.04 Å². The fraction of sp³-hybridized carbons (Fsp3) is 0.917. The topological polar surface area (TPSA) is 63.7 Å². The second kappa shape index (κ2) is 7.09. The van der Waals surface area contributed by atoms with Gasteiger partial charge in [-0.2, -0.15) is 0 Å². The van der Waals surface area contributed by atoms with Crippen LogP contribution in [0.1, 0.15) is 32.6 Å². The van der Waals surface area contributed by atoms with Gasteiger partial charge in [-0.1, -0.05) is 13.3 Å². The van der Waals surface area contributed by atoms with Crippen molar-refractivity contribution >= 4 is 15.8 Å². The first-order valence-corrected chi connectivity index (χ1v) is 8.34. The fourth-order valence-electron chi connectivity index (χ4n) is 2.33. The largest absolute Gasteiger partial charge is 0.468 e. The molecule has 1 aliphatic heterocycles. The quantitative estimate of drug-likeness (QED) is 0.673. The van der Waals surface area contributed by atoms with Crippen molar-refractivity contribution in [2.75, 3.05) is 31.7 Å². The van der Waals surface area contributed by atoms with E-state index in [9.17, 15) is 13.2 Å². The minimum absolute atomic E-state index is 0.133. The van der Waals surface area contributed by atoms with E-state index in [4.69, 9.17) is 4.74 Å². The number of hydrogen-bond donors (Lipinski definition) is 0. The van der Waals surface area contributed by atoms with Crippen LogP contribution in [0.5, 0.6) is 0 Å². The maximum Gasteiger partial charge on any atom is 0.323 e. The molecule has 0 aromatic heterocycles. The lowest BCUT2D eigenvalue weighted by Crippen LogP contribution is -2.47. The molecule has 0 aliphatic carbocycles. The Morgan fingerprint density at radius 3 is 2.67 bits per heavy atom. The van der Waals surface area contributed by atoms with Crippen LogP contribution in [-0.4, -0.2) is 57.0 Å². The Hall–Kier alpha value is -0.620. The van der Waals surface area contributed by atoms with Crippen LogP contribution in [0.15, 0.2) is 0 Å². The summed E-state index contributed by atoms with van der Waals surface area (Å²) in [5.74, 6) is 0.112. The Kier molecular flexibility index (Phi) is 6.08. The van der Waals surface area contributed by atoms with Crippen molar-refractivity contribution in [3.63, 3.8) is 0 Å². The van der Waals surface area contributed by atoms with Crippen LogP contribution >= 0.6 is 0 Å². The molecule has 1 unspecified atom stereocenters. The van der Waals surface area contributed by atoms with E-state index >= 15 is 0 Å². The molecule has 0 aromatic rings. The predicted molar refractivity (Wildman–Crippen MR) is 70.2 cm³/mol. The number of sulfone groups is 1. The zero-order valence-electron chi connectivity index (χ0n) is 11.2. The summed E-state index contributed by atoms with van der Waals surface area (Å²) in [5.41, 5.74) is 0. The molecule has 6 heteroatoms. The number of esters is 1. The second-order valence-electron chi connectivity index (χ2n) is 4.72. The van der Waals surface area contributed by atoms with E-state index in [0.717, 1.165) is 25.8 Å². The van der Waals surface area contributed by atoms with Crippen LogP contribution in [0.25, 0.3) is 0 Å². The summed E-state index contributed by atoms with van der Waals surface area (Å²) in [6.45, 7) is 3.07. The first kappa shape index (κ1) is 15.4. The molecule has 0 spiro atoms. The molecule has 0 bridgehead atoms. The Morgan fingerprint density at radius 2 is 2.06 bits per heavy atom. The normalized spacial score (nSPS) is 21.8. The van der Waals surface area contributed by atoms with E-state index in [0.29, 0.717) is 13.0 Å². The summed E-state index contributed by atoms with van der Waals surface area (Å²) >= 11 is 0. The van der Waals surface area contributed by atoms with Gasteiger partial charge in [-0.15, -0.1) is 0 Å². The summed E-state index contributed by atoms with van der Waals surface area (Å²) in [6.07, 6.45) is 3.42. The Labute approximate surface area is 109 Å². The van der Waals surface area contributed by atoms with Crippen molar-refractivity contribution in [1.29, 1.82) is 0 Å². The molecule has 0 radical (unpaired) electrons. The third-order valence-electron chi connectivity index (χ3n) is 3.29. The maximum atomic E-state index is 11.7. The van der Waals surface area contributed by atoms with Crippen molar-refractivity contribution in [2.45, 2.75) is 38.6 Å². The van der Waals surface area contributed by atoms with Gasteiger partial charge in [0.25, 0.3) is 0 Å². The summed E-state index contributed by atoms with van der Waals surface area (Å²) in [5, 5.41) is 0. The molecular weight excluding hydrogens is 254 g/mol. The third kappa shape index (κ3) is 4.57. The van der Waals surface area contributed by atoms with E-state index in [2.05, 4.69) is 0 Å². The molecule has 1 saturated heterocycles. The highest BCUT2D eigenvalue weighted by Gasteiger charge is 2.29. The molecule has 1 aliphatic rings. The number of carbonyl (C=O) groups is 1. The monoisotopic (exact) mass is 277 g/mol. The highest BCUT2D eigenvalue weighted by molar-refractivity contribution is 7.91. The molecule has 1 heterocycles. The Bertz CT molecular complexity index is 366. The molecule has 1 rings (SSSR count). The summed E-state index contributed by atoms with van der Waals surface area (Å²) < 4.78 is 28.1. The molecule has 0 amide bonds. The molecule has 0 saturated carbocycles. The van der Waals surface area contributed by atoms with Crippen LogP contribution in [0.3, 0.4) is 0 Å². The van der Waals surface area contributed by atoms with E-state index in [1.54, 1.807) is 0 Å². The molecule has 18 heavy (non-hydrogen) atoms. The zero-order chi connectivity index (χ0) is 13.6. The van der Waals surface area contributed by atoms with Gasteiger partial charge in [0.15, 0.2) is 9.84 Å². The number of carbonyl (C=O) groups excluding carboxylic acids is 1. The van der Waals surface area contributed by atoms with E-state index < -0.39 is 9.84 Å². The number of piperidine rings is 1. The molecule has 5 nitrogen and oxygen atoms in total. The van der Waals surface area contributed by atoms with Crippen LogP contribution in [0.2, 0.25) is 0 Å². The third-order valence-corrected chi connectivity index (χ3v) is 5.13. The Balaban J connectivity index is 2.55. The van der Waals surface area contributed by atoms with E-state index in [-0.39, 0.29) is 23.5 Å². The standard InChI is InChI=1S/C12H23NO4S/c1-3-9-18(15,16)10-8-13-7-5-4-6-11(13)12(14)17-2/h11H,3-10H2,1-2H3. The number of methoxy groups -OCH3 is 1. The van der Waals surface area contributed by atoms with Crippen molar-refractivity contribution in [3.05, 3.63) is 0 Å². The summed E-state index contributed by atoms with van der Waals surface area (Å²) in [6, 6.07) is -0.263. The predicted octanol–water partition coefficient (Wildman–Crippen LogP) is 0.839. The molecule has 106 valence electrons. The van der Waals surface area contributed by atoms with Gasteiger partial charge in [0, 0.05) is 12.3 Å². The van der Waals surface area contributed by atoms with Gasteiger partial charge < -0.3 is 4.74 Å². The minimum atomic E-state index is -2.98. The van der Waals surface area contributed by atoms with Gasteiger partial charge in [-0.3, -0.25) is 9.69 Å². The molecule has 1 atom stereocenters. The smallest absolute Gasteiger partial charge is 0.323 e. The number of hydrogen-bond acceptors (Lipinski definition) is 5. The first-order valence-electron chi connectivity index (χ1n) is 6.52. The fourth-order valence-corrected chi connectivity index (χ4v) is 3.67. The lowest BCUT2D eigenvalue weighted by Gasteiger charge is -2.33. The van der Waals surface area contributed by atoms with Crippen LogP contribution < -0.4 is 0 Å². The second-order valence-corrected chi connectivity index (χ2v) is 7.03. The SMILES string of the molecule is CCCS(=O)(=O)CCN1CCCCC1C(=O)OC. The van der Waals surface area contributed by atoms with Gasteiger partial charge in [0.05, 0.1) is 12.9 Å². The number of likely N-dealkylation sites (tertiary alicyclic amines) is 1. The van der Waals surface area contributed by atoms with Crippen molar-refractivity contribution < 1.29 is 17.9 Å². The van der Waals surface area contributed by atoms with Gasteiger partial charge in [-0.25, -0.2) is 8.42 Å². The van der Waals surface area contributed by atoms with Crippen molar-refractivity contribution in [3.8, 4) is 0 Å². The maximum absolute atomic E-state index is 11.7. The average molecular weight is 277 g/mol. The van der Waals surface area contributed by atoms with Crippen LogP contribution in [0, 0.1) is 0 Å². The Morgan fingerprint density at radius 1 is 1.33 bits per heavy atom. The van der Waals surface area contributed by atoms with Gasteiger partial charge in [0.2, 0.25) is 0 Å². The zero-order valence-corrected chi connectivity index (χ0v) is 12.0. The summed E-state index contributed by atoms with van der Waals surface area (Å²) in [4.78, 5) is 13.6. The van der Waals surface area contributed by atoms with Crippen LogP contribution in [-0.2, 0) is 19.4 Å². The van der Waals surface area contributed by atoms with E-state index in [1.165, 1.54) is 7.11 Å². The molecule has 1 fully saturated rings. The number of ether oxygens (including phenoxy) is 1. The van der Waals surface area contributed by atoms with Crippen LogP contribution in [0.4, 0.5) is 0 Å². The summed E-state index contributed by atoms with van der Waals surface area (Å²) in [7, 11) is -1.60.